The maximum atomic E-state index is 12.9. The standard InChI is InChI=1S/C22H20ClNO6/c1-28-20(25)16-17(21(26)29-2)19(22(27)30-3)24(15-11-7-10-14(23)12-15)18(16)13-8-5-4-6-9-13/h4-12,18-19H,1-3H3/t18-,19+/m1/s1. The zero-order valence-corrected chi connectivity index (χ0v) is 17.4. The van der Waals surface area contributed by atoms with Gasteiger partial charge in [-0.3, -0.25) is 0 Å². The van der Waals surface area contributed by atoms with Gasteiger partial charge in [0.2, 0.25) is 0 Å². The van der Waals surface area contributed by atoms with Crippen molar-refractivity contribution in [1.82, 2.24) is 0 Å². The van der Waals surface area contributed by atoms with E-state index in [2.05, 4.69) is 0 Å². The molecule has 0 fully saturated rings. The highest BCUT2D eigenvalue weighted by molar-refractivity contribution is 6.30. The minimum Gasteiger partial charge on any atom is -0.467 e. The molecular weight excluding hydrogens is 410 g/mol. The fourth-order valence-electron chi connectivity index (χ4n) is 3.63. The smallest absolute Gasteiger partial charge is 0.337 e. The van der Waals surface area contributed by atoms with Gasteiger partial charge in [-0.1, -0.05) is 48.0 Å². The van der Waals surface area contributed by atoms with Crippen LogP contribution in [0, 0.1) is 0 Å². The number of hydrogen-bond acceptors (Lipinski definition) is 7. The molecule has 1 aliphatic heterocycles. The number of halogens is 1. The molecule has 0 unspecified atom stereocenters. The molecule has 156 valence electrons. The van der Waals surface area contributed by atoms with Gasteiger partial charge >= 0.3 is 17.9 Å². The van der Waals surface area contributed by atoms with E-state index in [1.54, 1.807) is 53.4 Å². The van der Waals surface area contributed by atoms with Crippen molar-refractivity contribution in [2.24, 2.45) is 0 Å². The first-order chi connectivity index (χ1) is 14.4. The van der Waals surface area contributed by atoms with Crippen molar-refractivity contribution in [3.63, 3.8) is 0 Å². The Bertz CT molecular complexity index is 1000. The average molecular weight is 430 g/mol. The number of benzene rings is 2. The summed E-state index contributed by atoms with van der Waals surface area (Å²) in [6, 6.07) is 13.7. The zero-order valence-electron chi connectivity index (χ0n) is 16.6. The molecule has 1 heterocycles. The van der Waals surface area contributed by atoms with Gasteiger partial charge in [-0.25, -0.2) is 14.4 Å². The summed E-state index contributed by atoms with van der Waals surface area (Å²) in [4.78, 5) is 40.1. The van der Waals surface area contributed by atoms with Crippen LogP contribution in [0.5, 0.6) is 0 Å². The summed E-state index contributed by atoms with van der Waals surface area (Å²) in [5, 5.41) is 0.425. The Morgan fingerprint density at radius 1 is 0.833 bits per heavy atom. The Labute approximate surface area is 178 Å². The number of anilines is 1. The fourth-order valence-corrected chi connectivity index (χ4v) is 3.81. The molecule has 0 spiro atoms. The molecule has 30 heavy (non-hydrogen) atoms. The van der Waals surface area contributed by atoms with Crippen molar-refractivity contribution in [2.45, 2.75) is 12.1 Å². The lowest BCUT2D eigenvalue weighted by Gasteiger charge is -2.33. The van der Waals surface area contributed by atoms with Crippen LogP contribution in [0.1, 0.15) is 11.6 Å². The van der Waals surface area contributed by atoms with Gasteiger partial charge < -0.3 is 19.1 Å². The van der Waals surface area contributed by atoms with E-state index in [-0.39, 0.29) is 11.1 Å². The minimum absolute atomic E-state index is 0.00549. The van der Waals surface area contributed by atoms with Gasteiger partial charge in [-0.2, -0.15) is 0 Å². The van der Waals surface area contributed by atoms with Crippen LogP contribution in [0.25, 0.3) is 0 Å². The summed E-state index contributed by atoms with van der Waals surface area (Å²) in [7, 11) is 3.60. The number of carbonyl (C=O) groups is 3. The molecule has 1 aliphatic rings. The molecule has 0 saturated carbocycles. The third-order valence-electron chi connectivity index (χ3n) is 4.85. The molecule has 0 aromatic heterocycles. The largest absolute Gasteiger partial charge is 0.467 e. The SMILES string of the molecule is COC(=O)C1=C(C(=O)OC)[C@@H](c2ccccc2)N(c2cccc(Cl)c2)[C@@H]1C(=O)OC. The molecule has 2 aromatic carbocycles. The molecule has 7 nitrogen and oxygen atoms in total. The van der Waals surface area contributed by atoms with Gasteiger partial charge in [0.15, 0.2) is 6.04 Å². The van der Waals surface area contributed by atoms with Crippen LogP contribution in [0.2, 0.25) is 5.02 Å². The van der Waals surface area contributed by atoms with Crippen molar-refractivity contribution in [3.8, 4) is 0 Å². The fraction of sp³-hybridized carbons (Fsp3) is 0.227. The van der Waals surface area contributed by atoms with Crippen LogP contribution in [-0.2, 0) is 28.6 Å². The number of rotatable bonds is 5. The second-order valence-corrected chi connectivity index (χ2v) is 6.87. The van der Waals surface area contributed by atoms with E-state index in [0.717, 1.165) is 0 Å². The topological polar surface area (TPSA) is 82.1 Å². The van der Waals surface area contributed by atoms with Gasteiger partial charge in [-0.15, -0.1) is 0 Å². The molecule has 0 amide bonds. The molecule has 0 N–H and O–H groups in total. The van der Waals surface area contributed by atoms with E-state index in [1.165, 1.54) is 21.3 Å². The quantitative estimate of drug-likeness (QED) is 0.533. The van der Waals surface area contributed by atoms with Crippen LogP contribution in [0.3, 0.4) is 0 Å². The van der Waals surface area contributed by atoms with Crippen LogP contribution in [-0.4, -0.2) is 45.3 Å². The van der Waals surface area contributed by atoms with Crippen molar-refractivity contribution in [1.29, 1.82) is 0 Å². The molecule has 3 rings (SSSR count). The Morgan fingerprint density at radius 2 is 1.47 bits per heavy atom. The third-order valence-corrected chi connectivity index (χ3v) is 5.09. The van der Waals surface area contributed by atoms with Crippen molar-refractivity contribution < 1.29 is 28.6 Å². The van der Waals surface area contributed by atoms with Gasteiger partial charge in [0.25, 0.3) is 0 Å². The van der Waals surface area contributed by atoms with Crippen molar-refractivity contribution in [3.05, 3.63) is 76.3 Å². The molecule has 0 radical (unpaired) electrons. The van der Waals surface area contributed by atoms with E-state index in [0.29, 0.717) is 16.3 Å². The molecule has 0 bridgehead atoms. The Kier molecular flexibility index (Phi) is 6.42. The Morgan fingerprint density at radius 3 is 2.03 bits per heavy atom. The van der Waals surface area contributed by atoms with Crippen LogP contribution >= 0.6 is 11.6 Å². The summed E-state index contributed by atoms with van der Waals surface area (Å²) in [6.45, 7) is 0. The lowest BCUT2D eigenvalue weighted by Crippen LogP contribution is -2.42. The first-order valence-electron chi connectivity index (χ1n) is 9.02. The first-order valence-corrected chi connectivity index (χ1v) is 9.39. The highest BCUT2D eigenvalue weighted by Crippen LogP contribution is 2.45. The predicted molar refractivity (Wildman–Crippen MR) is 110 cm³/mol. The van der Waals surface area contributed by atoms with Gasteiger partial charge in [0.1, 0.15) is 0 Å². The average Bonchev–Trinajstić information content (AvgIpc) is 3.14. The van der Waals surface area contributed by atoms with Crippen LogP contribution < -0.4 is 4.90 Å². The number of hydrogen-bond donors (Lipinski definition) is 0. The molecular formula is C22H20ClNO6. The second-order valence-electron chi connectivity index (χ2n) is 6.44. The lowest BCUT2D eigenvalue weighted by atomic mass is 9.96. The highest BCUT2D eigenvalue weighted by atomic mass is 35.5. The Hall–Kier alpha value is -3.32. The second kappa shape index (κ2) is 9.00. The van der Waals surface area contributed by atoms with Crippen LogP contribution in [0.15, 0.2) is 65.7 Å². The molecule has 0 aliphatic carbocycles. The summed E-state index contributed by atoms with van der Waals surface area (Å²) in [5.41, 5.74) is 1.06. The number of esters is 3. The lowest BCUT2D eigenvalue weighted by molar-refractivity contribution is -0.144. The minimum atomic E-state index is -1.24. The molecule has 2 aromatic rings. The van der Waals surface area contributed by atoms with Gasteiger partial charge in [0.05, 0.1) is 38.5 Å². The summed E-state index contributed by atoms with van der Waals surface area (Å²) < 4.78 is 14.9. The number of ether oxygens (including phenoxy) is 3. The normalized spacial score (nSPS) is 18.2. The number of carbonyl (C=O) groups excluding carboxylic acids is 3. The summed E-state index contributed by atoms with van der Waals surface area (Å²) in [5.74, 6) is -2.30. The maximum Gasteiger partial charge on any atom is 0.337 e. The van der Waals surface area contributed by atoms with E-state index < -0.39 is 30.0 Å². The molecule has 0 saturated heterocycles. The Balaban J connectivity index is 2.36. The zero-order chi connectivity index (χ0) is 21.8. The van der Waals surface area contributed by atoms with Crippen molar-refractivity contribution >= 4 is 35.2 Å². The van der Waals surface area contributed by atoms with E-state index in [4.69, 9.17) is 25.8 Å². The number of methoxy groups -OCH3 is 3. The predicted octanol–water partition coefficient (Wildman–Crippen LogP) is 3.09. The van der Waals surface area contributed by atoms with E-state index in [9.17, 15) is 14.4 Å². The van der Waals surface area contributed by atoms with E-state index in [1.807, 2.05) is 6.07 Å². The summed E-state index contributed by atoms with van der Waals surface area (Å²) >= 11 is 6.19. The van der Waals surface area contributed by atoms with Gasteiger partial charge in [0, 0.05) is 10.7 Å². The monoisotopic (exact) mass is 429 g/mol. The van der Waals surface area contributed by atoms with E-state index >= 15 is 0 Å². The van der Waals surface area contributed by atoms with Gasteiger partial charge in [-0.05, 0) is 23.8 Å². The molecule has 8 heteroatoms. The summed E-state index contributed by atoms with van der Waals surface area (Å²) in [6.07, 6.45) is 0. The highest BCUT2D eigenvalue weighted by Gasteiger charge is 2.51. The van der Waals surface area contributed by atoms with Crippen LogP contribution in [0.4, 0.5) is 5.69 Å². The van der Waals surface area contributed by atoms with Crippen molar-refractivity contribution in [2.75, 3.05) is 26.2 Å². The third kappa shape index (κ3) is 3.76. The first kappa shape index (κ1) is 21.4. The maximum absolute atomic E-state index is 12.9. The molecule has 2 atom stereocenters. The number of nitrogens with zero attached hydrogens (tertiary/aromatic N) is 1.